The molecule has 0 aromatic carbocycles. The maximum absolute atomic E-state index is 11.7. The molecule has 2 rings (SSSR count). The lowest BCUT2D eigenvalue weighted by atomic mass is 10.2. The molecule has 15 heavy (non-hydrogen) atoms. The molecule has 1 atom stereocenters. The Labute approximate surface area is 86.9 Å². The number of rotatable bonds is 2. The van der Waals surface area contributed by atoms with Gasteiger partial charge in [-0.05, 0) is 13.0 Å². The summed E-state index contributed by atoms with van der Waals surface area (Å²) in [5, 5.41) is 5.96. The Kier molecular flexibility index (Phi) is 2.82. The van der Waals surface area contributed by atoms with E-state index in [1.807, 2.05) is 0 Å². The maximum Gasteiger partial charge on any atom is 0.257 e. The summed E-state index contributed by atoms with van der Waals surface area (Å²) in [4.78, 5) is 25.7. The van der Waals surface area contributed by atoms with Crippen LogP contribution in [0.1, 0.15) is 16.8 Å². The summed E-state index contributed by atoms with van der Waals surface area (Å²) in [6.07, 6.45) is 3.85. The highest BCUT2D eigenvalue weighted by atomic mass is 16.2. The molecule has 1 amide bonds. The van der Waals surface area contributed by atoms with Crippen LogP contribution in [0.15, 0.2) is 23.3 Å². The van der Waals surface area contributed by atoms with E-state index >= 15 is 0 Å². The zero-order valence-corrected chi connectivity index (χ0v) is 8.25. The standard InChI is InChI=1S/C10H13N3O2/c14-9-2-4-12-6-8(9)10(15)13-7-1-3-11-5-7/h2,4,6-7,11H,1,3,5H2,(H,12,14)(H,13,15). The quantitative estimate of drug-likeness (QED) is 0.610. The van der Waals surface area contributed by atoms with Gasteiger partial charge in [-0.1, -0.05) is 0 Å². The number of aromatic nitrogens is 1. The molecule has 1 aliphatic heterocycles. The van der Waals surface area contributed by atoms with Gasteiger partial charge in [0, 0.05) is 31.0 Å². The van der Waals surface area contributed by atoms with Crippen LogP contribution in [0.4, 0.5) is 0 Å². The van der Waals surface area contributed by atoms with Gasteiger partial charge in [0.05, 0.1) is 0 Å². The fourth-order valence-electron chi connectivity index (χ4n) is 1.63. The molecule has 0 aliphatic carbocycles. The molecule has 2 heterocycles. The average molecular weight is 207 g/mol. The fraction of sp³-hybridized carbons (Fsp3) is 0.400. The average Bonchev–Trinajstić information content (AvgIpc) is 2.71. The van der Waals surface area contributed by atoms with Gasteiger partial charge in [0.15, 0.2) is 5.43 Å². The largest absolute Gasteiger partial charge is 0.367 e. The van der Waals surface area contributed by atoms with E-state index in [0.717, 1.165) is 19.5 Å². The van der Waals surface area contributed by atoms with Crippen molar-refractivity contribution >= 4 is 5.91 Å². The fourth-order valence-corrected chi connectivity index (χ4v) is 1.63. The van der Waals surface area contributed by atoms with Gasteiger partial charge in [-0.2, -0.15) is 0 Å². The predicted octanol–water partition coefficient (Wildman–Crippen LogP) is -0.533. The van der Waals surface area contributed by atoms with Crippen molar-refractivity contribution in [3.05, 3.63) is 34.2 Å². The van der Waals surface area contributed by atoms with Crippen molar-refractivity contribution in [2.24, 2.45) is 0 Å². The number of carbonyl (C=O) groups is 1. The summed E-state index contributed by atoms with van der Waals surface area (Å²) in [6, 6.07) is 1.49. The third kappa shape index (κ3) is 2.24. The second-order valence-electron chi connectivity index (χ2n) is 3.59. The summed E-state index contributed by atoms with van der Waals surface area (Å²) in [6.45, 7) is 1.69. The molecular weight excluding hydrogens is 194 g/mol. The zero-order chi connectivity index (χ0) is 10.7. The minimum Gasteiger partial charge on any atom is -0.367 e. The second kappa shape index (κ2) is 4.27. The van der Waals surface area contributed by atoms with E-state index in [2.05, 4.69) is 15.6 Å². The van der Waals surface area contributed by atoms with Crippen LogP contribution in [-0.4, -0.2) is 30.0 Å². The number of nitrogens with one attached hydrogen (secondary N) is 3. The first-order valence-electron chi connectivity index (χ1n) is 4.96. The van der Waals surface area contributed by atoms with Crippen molar-refractivity contribution in [1.82, 2.24) is 15.6 Å². The monoisotopic (exact) mass is 207 g/mol. The molecule has 0 bridgehead atoms. The summed E-state index contributed by atoms with van der Waals surface area (Å²) in [7, 11) is 0. The van der Waals surface area contributed by atoms with E-state index in [1.54, 1.807) is 0 Å². The van der Waals surface area contributed by atoms with E-state index in [4.69, 9.17) is 0 Å². The molecule has 5 heteroatoms. The van der Waals surface area contributed by atoms with Crippen LogP contribution in [0, 0.1) is 0 Å². The predicted molar refractivity (Wildman–Crippen MR) is 55.8 cm³/mol. The highest BCUT2D eigenvalue weighted by Crippen LogP contribution is 1.98. The summed E-state index contributed by atoms with van der Waals surface area (Å²) < 4.78 is 0. The van der Waals surface area contributed by atoms with Crippen molar-refractivity contribution in [2.75, 3.05) is 13.1 Å². The topological polar surface area (TPSA) is 74.0 Å². The maximum atomic E-state index is 11.7. The molecule has 1 aromatic rings. The first-order valence-corrected chi connectivity index (χ1v) is 4.96. The van der Waals surface area contributed by atoms with Crippen LogP contribution in [0.5, 0.6) is 0 Å². The van der Waals surface area contributed by atoms with Crippen molar-refractivity contribution in [2.45, 2.75) is 12.5 Å². The third-order valence-electron chi connectivity index (χ3n) is 2.46. The lowest BCUT2D eigenvalue weighted by Gasteiger charge is -2.10. The zero-order valence-electron chi connectivity index (χ0n) is 8.25. The first-order chi connectivity index (χ1) is 7.27. The summed E-state index contributed by atoms with van der Waals surface area (Å²) in [5.74, 6) is -0.300. The number of aromatic amines is 1. The van der Waals surface area contributed by atoms with Gasteiger partial charge in [-0.25, -0.2) is 0 Å². The summed E-state index contributed by atoms with van der Waals surface area (Å²) >= 11 is 0. The van der Waals surface area contributed by atoms with Crippen LogP contribution in [0.2, 0.25) is 0 Å². The lowest BCUT2D eigenvalue weighted by molar-refractivity contribution is 0.0938. The number of carbonyl (C=O) groups excluding carboxylic acids is 1. The third-order valence-corrected chi connectivity index (χ3v) is 2.46. The van der Waals surface area contributed by atoms with Crippen LogP contribution < -0.4 is 16.1 Å². The van der Waals surface area contributed by atoms with E-state index in [1.165, 1.54) is 18.5 Å². The lowest BCUT2D eigenvalue weighted by Crippen LogP contribution is -2.38. The Morgan fingerprint density at radius 1 is 1.53 bits per heavy atom. The molecule has 0 spiro atoms. The van der Waals surface area contributed by atoms with Gasteiger partial charge in [-0.15, -0.1) is 0 Å². The second-order valence-corrected chi connectivity index (χ2v) is 3.59. The van der Waals surface area contributed by atoms with Crippen molar-refractivity contribution in [3.63, 3.8) is 0 Å². The van der Waals surface area contributed by atoms with Gasteiger partial charge in [0.1, 0.15) is 5.56 Å². The van der Waals surface area contributed by atoms with Gasteiger partial charge in [-0.3, -0.25) is 9.59 Å². The molecule has 0 saturated carbocycles. The van der Waals surface area contributed by atoms with Gasteiger partial charge in [0.25, 0.3) is 5.91 Å². The van der Waals surface area contributed by atoms with Gasteiger partial charge < -0.3 is 15.6 Å². The number of hydrogen-bond donors (Lipinski definition) is 3. The molecule has 80 valence electrons. The Hall–Kier alpha value is -1.62. The molecule has 1 aliphatic rings. The first kappa shape index (κ1) is 9.92. The number of hydrogen-bond acceptors (Lipinski definition) is 3. The van der Waals surface area contributed by atoms with E-state index in [0.29, 0.717) is 0 Å². The smallest absolute Gasteiger partial charge is 0.257 e. The highest BCUT2D eigenvalue weighted by molar-refractivity contribution is 5.93. The summed E-state index contributed by atoms with van der Waals surface area (Å²) in [5.41, 5.74) is -0.0818. The van der Waals surface area contributed by atoms with E-state index in [-0.39, 0.29) is 22.9 Å². The minimum atomic E-state index is -0.300. The van der Waals surface area contributed by atoms with Crippen LogP contribution in [-0.2, 0) is 0 Å². The van der Waals surface area contributed by atoms with E-state index < -0.39 is 0 Å². The molecule has 1 fully saturated rings. The molecule has 3 N–H and O–H groups in total. The van der Waals surface area contributed by atoms with Crippen LogP contribution in [0.3, 0.4) is 0 Å². The number of H-pyrrole nitrogens is 1. The van der Waals surface area contributed by atoms with E-state index in [9.17, 15) is 9.59 Å². The molecule has 0 radical (unpaired) electrons. The number of pyridine rings is 1. The van der Waals surface area contributed by atoms with Crippen molar-refractivity contribution in [1.29, 1.82) is 0 Å². The van der Waals surface area contributed by atoms with Crippen LogP contribution in [0.25, 0.3) is 0 Å². The number of amides is 1. The SMILES string of the molecule is O=C(NC1CCNC1)c1c[nH]ccc1=O. The highest BCUT2D eigenvalue weighted by Gasteiger charge is 2.18. The van der Waals surface area contributed by atoms with Gasteiger partial charge in [0.2, 0.25) is 0 Å². The normalized spacial score (nSPS) is 20.1. The molecular formula is C10H13N3O2. The van der Waals surface area contributed by atoms with Crippen molar-refractivity contribution in [3.8, 4) is 0 Å². The Morgan fingerprint density at radius 2 is 2.40 bits per heavy atom. The molecule has 1 saturated heterocycles. The Bertz CT molecular complexity index is 407. The Morgan fingerprint density at radius 3 is 3.07 bits per heavy atom. The minimum absolute atomic E-state index is 0.136. The van der Waals surface area contributed by atoms with Crippen LogP contribution >= 0.6 is 0 Å². The molecule has 5 nitrogen and oxygen atoms in total. The Balaban J connectivity index is 2.07. The van der Waals surface area contributed by atoms with Crippen molar-refractivity contribution < 1.29 is 4.79 Å². The molecule has 1 unspecified atom stereocenters. The molecule has 1 aromatic heterocycles. The van der Waals surface area contributed by atoms with Gasteiger partial charge >= 0.3 is 0 Å².